The van der Waals surface area contributed by atoms with E-state index in [2.05, 4.69) is 36.3 Å². The van der Waals surface area contributed by atoms with Gasteiger partial charge in [0.15, 0.2) is 0 Å². The average Bonchev–Trinajstić information content (AvgIpc) is 2.84. The molecule has 1 rings (SSSR count). The molecule has 0 aromatic carbocycles. The first-order valence-corrected chi connectivity index (χ1v) is 7.37. The number of hydrogen-bond donors (Lipinski definition) is 1. The second kappa shape index (κ2) is 9.09. The highest BCUT2D eigenvalue weighted by Crippen LogP contribution is 2.16. The molecule has 0 spiro atoms. The number of nitrogens with one attached hydrogen (secondary N) is 1. The Hall–Kier alpha value is -0.900. The van der Waals surface area contributed by atoms with E-state index in [0.717, 1.165) is 37.6 Å². The highest BCUT2D eigenvalue weighted by Gasteiger charge is 2.15. The van der Waals surface area contributed by atoms with Gasteiger partial charge in [0.05, 0.1) is 6.04 Å². The summed E-state index contributed by atoms with van der Waals surface area (Å²) in [6, 6.07) is 0.205. The summed E-state index contributed by atoms with van der Waals surface area (Å²) < 4.78 is 5.71. The predicted molar refractivity (Wildman–Crippen MR) is 73.5 cm³/mol. The highest BCUT2D eigenvalue weighted by atomic mass is 16.4. The van der Waals surface area contributed by atoms with Crippen LogP contribution in [0.1, 0.15) is 77.1 Å². The topological polar surface area (TPSA) is 51.0 Å². The maximum atomic E-state index is 5.71. The summed E-state index contributed by atoms with van der Waals surface area (Å²) in [5.41, 5.74) is 0. The van der Waals surface area contributed by atoms with Crippen molar-refractivity contribution in [2.45, 2.75) is 71.8 Å². The lowest BCUT2D eigenvalue weighted by Gasteiger charge is -2.09. The van der Waals surface area contributed by atoms with E-state index in [4.69, 9.17) is 4.42 Å². The first-order chi connectivity index (χ1) is 8.81. The summed E-state index contributed by atoms with van der Waals surface area (Å²) in [6.45, 7) is 7.37. The molecule has 1 atom stereocenters. The van der Waals surface area contributed by atoms with Crippen LogP contribution in [0.3, 0.4) is 0 Å². The smallest absolute Gasteiger partial charge is 0.233 e. The Morgan fingerprint density at radius 3 is 2.50 bits per heavy atom. The Labute approximate surface area is 111 Å². The van der Waals surface area contributed by atoms with E-state index in [1.165, 1.54) is 25.7 Å². The number of unbranched alkanes of at least 4 members (excludes halogenated alkanes) is 4. The van der Waals surface area contributed by atoms with E-state index in [-0.39, 0.29) is 6.04 Å². The van der Waals surface area contributed by atoms with Gasteiger partial charge in [-0.15, -0.1) is 10.2 Å². The van der Waals surface area contributed by atoms with Gasteiger partial charge in [-0.1, -0.05) is 46.5 Å². The Balaban J connectivity index is 2.33. The van der Waals surface area contributed by atoms with Crippen molar-refractivity contribution in [2.24, 2.45) is 0 Å². The standard InChI is InChI=1S/C14H27N3O/c1-4-7-8-9-10-11-13-16-17-14(18-13)12(5-2)15-6-3/h12,15H,4-11H2,1-3H3. The van der Waals surface area contributed by atoms with Crippen molar-refractivity contribution in [3.63, 3.8) is 0 Å². The minimum absolute atomic E-state index is 0.205. The first-order valence-electron chi connectivity index (χ1n) is 7.37. The lowest BCUT2D eigenvalue weighted by atomic mass is 10.1. The molecular formula is C14H27N3O. The third-order valence-electron chi connectivity index (χ3n) is 3.13. The zero-order chi connectivity index (χ0) is 13.2. The fourth-order valence-corrected chi connectivity index (χ4v) is 2.04. The van der Waals surface area contributed by atoms with Crippen LogP contribution in [-0.2, 0) is 6.42 Å². The molecule has 1 aromatic rings. The van der Waals surface area contributed by atoms with E-state index < -0.39 is 0 Å². The summed E-state index contributed by atoms with van der Waals surface area (Å²) in [6.07, 6.45) is 8.23. The molecule has 1 N–H and O–H groups in total. The second-order valence-corrected chi connectivity index (χ2v) is 4.72. The van der Waals surface area contributed by atoms with E-state index in [0.29, 0.717) is 0 Å². The van der Waals surface area contributed by atoms with Crippen molar-refractivity contribution in [2.75, 3.05) is 6.54 Å². The van der Waals surface area contributed by atoms with E-state index in [9.17, 15) is 0 Å². The molecule has 4 heteroatoms. The minimum atomic E-state index is 0.205. The molecule has 0 radical (unpaired) electrons. The van der Waals surface area contributed by atoms with Crippen LogP contribution in [0, 0.1) is 0 Å². The van der Waals surface area contributed by atoms with Gasteiger partial charge in [-0.05, 0) is 19.4 Å². The lowest BCUT2D eigenvalue weighted by Crippen LogP contribution is -2.20. The lowest BCUT2D eigenvalue weighted by molar-refractivity contribution is 0.373. The van der Waals surface area contributed by atoms with Crippen molar-refractivity contribution >= 4 is 0 Å². The molecule has 0 aliphatic heterocycles. The normalized spacial score (nSPS) is 12.8. The fourth-order valence-electron chi connectivity index (χ4n) is 2.04. The summed E-state index contributed by atoms with van der Waals surface area (Å²) in [5, 5.41) is 11.6. The Morgan fingerprint density at radius 2 is 1.83 bits per heavy atom. The van der Waals surface area contributed by atoms with Crippen molar-refractivity contribution in [1.29, 1.82) is 0 Å². The van der Waals surface area contributed by atoms with Crippen molar-refractivity contribution in [3.05, 3.63) is 11.8 Å². The van der Waals surface area contributed by atoms with Gasteiger partial charge in [0.1, 0.15) is 0 Å². The van der Waals surface area contributed by atoms with Crippen molar-refractivity contribution < 1.29 is 4.42 Å². The molecule has 0 amide bonds. The molecule has 4 nitrogen and oxygen atoms in total. The van der Waals surface area contributed by atoms with Gasteiger partial charge >= 0.3 is 0 Å². The molecule has 104 valence electrons. The number of hydrogen-bond acceptors (Lipinski definition) is 4. The molecular weight excluding hydrogens is 226 g/mol. The van der Waals surface area contributed by atoms with Gasteiger partial charge in [-0.25, -0.2) is 0 Å². The van der Waals surface area contributed by atoms with E-state index in [1.807, 2.05) is 0 Å². The maximum absolute atomic E-state index is 5.71. The van der Waals surface area contributed by atoms with Gasteiger partial charge in [0.25, 0.3) is 0 Å². The molecule has 0 saturated heterocycles. The Bertz CT molecular complexity index is 312. The van der Waals surface area contributed by atoms with Gasteiger partial charge in [0, 0.05) is 6.42 Å². The SMILES string of the molecule is CCCCCCCc1nnc(C(CC)NCC)o1. The molecule has 0 bridgehead atoms. The van der Waals surface area contributed by atoms with E-state index in [1.54, 1.807) is 0 Å². The monoisotopic (exact) mass is 253 g/mol. The van der Waals surface area contributed by atoms with Crippen LogP contribution in [0.2, 0.25) is 0 Å². The summed E-state index contributed by atoms with van der Waals surface area (Å²) in [5.74, 6) is 1.53. The largest absolute Gasteiger partial charge is 0.424 e. The number of aromatic nitrogens is 2. The molecule has 1 heterocycles. The summed E-state index contributed by atoms with van der Waals surface area (Å²) in [7, 11) is 0. The third kappa shape index (κ3) is 5.17. The Morgan fingerprint density at radius 1 is 1.06 bits per heavy atom. The molecule has 1 aromatic heterocycles. The molecule has 1 unspecified atom stereocenters. The van der Waals surface area contributed by atoms with Crippen LogP contribution in [0.4, 0.5) is 0 Å². The number of rotatable bonds is 10. The first kappa shape index (κ1) is 15.2. The number of nitrogens with zero attached hydrogens (tertiary/aromatic N) is 2. The van der Waals surface area contributed by atoms with Crippen LogP contribution in [0.15, 0.2) is 4.42 Å². The molecule has 18 heavy (non-hydrogen) atoms. The van der Waals surface area contributed by atoms with Crippen LogP contribution in [0.5, 0.6) is 0 Å². The third-order valence-corrected chi connectivity index (χ3v) is 3.13. The molecule has 0 aliphatic rings. The molecule has 0 aliphatic carbocycles. The predicted octanol–water partition coefficient (Wildman–Crippen LogP) is 3.64. The number of aryl methyl sites for hydroxylation is 1. The summed E-state index contributed by atoms with van der Waals surface area (Å²) in [4.78, 5) is 0. The van der Waals surface area contributed by atoms with Crippen LogP contribution < -0.4 is 5.32 Å². The summed E-state index contributed by atoms with van der Waals surface area (Å²) >= 11 is 0. The minimum Gasteiger partial charge on any atom is -0.424 e. The van der Waals surface area contributed by atoms with Crippen LogP contribution in [-0.4, -0.2) is 16.7 Å². The van der Waals surface area contributed by atoms with Crippen molar-refractivity contribution in [3.8, 4) is 0 Å². The quantitative estimate of drug-likeness (QED) is 0.647. The van der Waals surface area contributed by atoms with Gasteiger partial charge < -0.3 is 9.73 Å². The fraction of sp³-hybridized carbons (Fsp3) is 0.857. The average molecular weight is 253 g/mol. The molecule has 0 saturated carbocycles. The molecule has 0 fully saturated rings. The van der Waals surface area contributed by atoms with Crippen molar-refractivity contribution in [1.82, 2.24) is 15.5 Å². The maximum Gasteiger partial charge on any atom is 0.233 e. The van der Waals surface area contributed by atoms with Gasteiger partial charge in [0.2, 0.25) is 11.8 Å². The zero-order valence-corrected chi connectivity index (χ0v) is 12.0. The Kier molecular flexibility index (Phi) is 7.65. The highest BCUT2D eigenvalue weighted by molar-refractivity contribution is 4.89. The van der Waals surface area contributed by atoms with E-state index >= 15 is 0 Å². The second-order valence-electron chi connectivity index (χ2n) is 4.72. The van der Waals surface area contributed by atoms with Crippen LogP contribution in [0.25, 0.3) is 0 Å². The van der Waals surface area contributed by atoms with Crippen LogP contribution >= 0.6 is 0 Å². The van der Waals surface area contributed by atoms with Gasteiger partial charge in [-0.3, -0.25) is 0 Å². The van der Waals surface area contributed by atoms with Gasteiger partial charge in [-0.2, -0.15) is 0 Å². The zero-order valence-electron chi connectivity index (χ0n) is 12.0.